The zero-order chi connectivity index (χ0) is 23.1. The van der Waals surface area contributed by atoms with E-state index in [2.05, 4.69) is 37.1 Å². The highest BCUT2D eigenvalue weighted by Crippen LogP contribution is 2.40. The molecule has 0 spiro atoms. The summed E-state index contributed by atoms with van der Waals surface area (Å²) < 4.78 is 5.78. The molecule has 0 unspecified atom stereocenters. The summed E-state index contributed by atoms with van der Waals surface area (Å²) >= 11 is 6.02. The van der Waals surface area contributed by atoms with E-state index in [0.29, 0.717) is 32.1 Å². The minimum absolute atomic E-state index is 0.0952. The molecule has 3 heterocycles. The maximum Gasteiger partial charge on any atom is 0.241 e. The van der Waals surface area contributed by atoms with E-state index in [1.54, 1.807) is 7.11 Å². The first kappa shape index (κ1) is 23.2. The normalized spacial score (nSPS) is 25.1. The summed E-state index contributed by atoms with van der Waals surface area (Å²) in [5.74, 6) is 0.0952. The first-order chi connectivity index (χ1) is 15.1. The fourth-order valence-corrected chi connectivity index (χ4v) is 4.80. The van der Waals surface area contributed by atoms with Crippen LogP contribution >= 0.6 is 11.6 Å². The van der Waals surface area contributed by atoms with Gasteiger partial charge in [0.2, 0.25) is 5.91 Å². The van der Waals surface area contributed by atoms with Gasteiger partial charge in [0, 0.05) is 67.1 Å². The van der Waals surface area contributed by atoms with Crippen LogP contribution in [-0.4, -0.2) is 60.8 Å². The predicted molar refractivity (Wildman–Crippen MR) is 128 cm³/mol. The van der Waals surface area contributed by atoms with Crippen LogP contribution in [0, 0.1) is 0 Å². The van der Waals surface area contributed by atoms with E-state index in [1.807, 2.05) is 42.3 Å². The molecular formula is C25H33ClN4O2. The Kier molecular flexibility index (Phi) is 6.34. The summed E-state index contributed by atoms with van der Waals surface area (Å²) in [5, 5.41) is 4.17. The summed E-state index contributed by atoms with van der Waals surface area (Å²) in [6.45, 7) is 10.9. The lowest BCUT2D eigenvalue weighted by molar-refractivity contribution is -0.150. The number of aromatic nitrogens is 1. The van der Waals surface area contributed by atoms with E-state index in [9.17, 15) is 4.79 Å². The number of nitrogens with one attached hydrogen (secondary N) is 1. The van der Waals surface area contributed by atoms with Gasteiger partial charge in [-0.15, -0.1) is 0 Å². The average Bonchev–Trinajstić information content (AvgIpc) is 3.03. The molecule has 1 aromatic heterocycles. The third-order valence-electron chi connectivity index (χ3n) is 6.82. The monoisotopic (exact) mass is 456 g/mol. The predicted octanol–water partition coefficient (Wildman–Crippen LogP) is 3.61. The smallest absolute Gasteiger partial charge is 0.241 e. The first-order valence-corrected chi connectivity index (χ1v) is 11.6. The Balaban J connectivity index is 1.58. The molecule has 172 valence electrons. The Morgan fingerprint density at radius 2 is 2.00 bits per heavy atom. The van der Waals surface area contributed by atoms with Crippen LogP contribution in [-0.2, 0) is 21.4 Å². The van der Waals surface area contributed by atoms with E-state index in [-0.39, 0.29) is 11.3 Å². The quantitative estimate of drug-likeness (QED) is 0.744. The summed E-state index contributed by atoms with van der Waals surface area (Å²) in [6.07, 6.45) is 2.64. The van der Waals surface area contributed by atoms with Crippen molar-refractivity contribution >= 4 is 23.2 Å². The number of nitrogens with zero attached hydrogens (tertiary/aromatic N) is 3. The van der Waals surface area contributed by atoms with Gasteiger partial charge < -0.3 is 15.0 Å². The zero-order valence-electron chi connectivity index (χ0n) is 19.6. The highest BCUT2D eigenvalue weighted by Gasteiger charge is 2.42. The van der Waals surface area contributed by atoms with E-state index in [4.69, 9.17) is 21.3 Å². The van der Waals surface area contributed by atoms with Crippen LogP contribution in [0.15, 0.2) is 36.5 Å². The van der Waals surface area contributed by atoms with Crippen molar-refractivity contribution in [1.82, 2.24) is 15.2 Å². The highest BCUT2D eigenvalue weighted by atomic mass is 35.5. The lowest BCUT2D eigenvalue weighted by Crippen LogP contribution is -2.65. The number of ether oxygens (including phenoxy) is 1. The van der Waals surface area contributed by atoms with Gasteiger partial charge in [0.05, 0.1) is 12.2 Å². The zero-order valence-corrected chi connectivity index (χ0v) is 20.4. The van der Waals surface area contributed by atoms with Crippen molar-refractivity contribution in [2.75, 3.05) is 38.2 Å². The number of hydrogen-bond acceptors (Lipinski definition) is 5. The molecule has 0 saturated carbocycles. The molecule has 4 rings (SSSR count). The largest absolute Gasteiger partial charge is 0.363 e. The van der Waals surface area contributed by atoms with E-state index in [0.717, 1.165) is 34.1 Å². The Morgan fingerprint density at radius 1 is 1.28 bits per heavy atom. The van der Waals surface area contributed by atoms with E-state index < -0.39 is 5.72 Å². The van der Waals surface area contributed by atoms with Gasteiger partial charge in [0.15, 0.2) is 0 Å². The number of amides is 1. The lowest BCUT2D eigenvalue weighted by atomic mass is 9.88. The molecule has 1 N–H and O–H groups in total. The fourth-order valence-electron chi connectivity index (χ4n) is 4.67. The molecule has 1 saturated heterocycles. The molecule has 2 aliphatic heterocycles. The number of hydrogen-bond donors (Lipinski definition) is 1. The number of pyridine rings is 1. The standard InChI is InChI=1S/C25H33ClN4O2/c1-17-13-29(25(4,32-5)15-28-17)14-23(31)30-16-24(2,3)21-12-27-20(11-22(21)30)10-18-6-8-19(26)9-7-18/h6-9,11-12,17,28H,10,13-16H2,1-5H3/t17-,25-/m1/s1. The van der Waals surface area contributed by atoms with Gasteiger partial charge in [0.25, 0.3) is 0 Å². The number of benzene rings is 1. The molecule has 2 aliphatic rings. The molecule has 2 aromatic rings. The van der Waals surface area contributed by atoms with Gasteiger partial charge in [0.1, 0.15) is 5.72 Å². The number of carbonyl (C=O) groups is 1. The van der Waals surface area contributed by atoms with Gasteiger partial charge in [-0.05, 0) is 37.6 Å². The lowest BCUT2D eigenvalue weighted by Gasteiger charge is -2.46. The Hall–Kier alpha value is -1.99. The third-order valence-corrected chi connectivity index (χ3v) is 7.07. The number of rotatable bonds is 5. The minimum Gasteiger partial charge on any atom is -0.363 e. The number of methoxy groups -OCH3 is 1. The number of fused-ring (bicyclic) bond motifs is 1. The average molecular weight is 457 g/mol. The fraction of sp³-hybridized carbons (Fsp3) is 0.520. The minimum atomic E-state index is -0.502. The molecule has 1 aromatic carbocycles. The van der Waals surface area contributed by atoms with Crippen molar-refractivity contribution in [1.29, 1.82) is 0 Å². The maximum absolute atomic E-state index is 13.6. The third kappa shape index (κ3) is 4.55. The molecule has 1 amide bonds. The van der Waals surface area contributed by atoms with Crippen molar-refractivity contribution in [3.63, 3.8) is 0 Å². The molecular weight excluding hydrogens is 424 g/mol. The number of carbonyl (C=O) groups excluding carboxylic acids is 1. The maximum atomic E-state index is 13.6. The summed E-state index contributed by atoms with van der Waals surface area (Å²) in [6, 6.07) is 10.2. The number of halogens is 1. The van der Waals surface area contributed by atoms with Crippen LogP contribution in [0.25, 0.3) is 0 Å². The molecule has 6 nitrogen and oxygen atoms in total. The van der Waals surface area contributed by atoms with Crippen LogP contribution in [0.1, 0.15) is 44.5 Å². The Bertz CT molecular complexity index is 994. The molecule has 0 radical (unpaired) electrons. The van der Waals surface area contributed by atoms with E-state index in [1.165, 1.54) is 0 Å². The highest BCUT2D eigenvalue weighted by molar-refractivity contribution is 6.30. The van der Waals surface area contributed by atoms with Crippen LogP contribution in [0.4, 0.5) is 5.69 Å². The summed E-state index contributed by atoms with van der Waals surface area (Å²) in [5.41, 5.74) is 3.54. The van der Waals surface area contributed by atoms with Crippen LogP contribution < -0.4 is 10.2 Å². The second-order valence-corrected chi connectivity index (χ2v) is 10.3. The molecule has 32 heavy (non-hydrogen) atoms. The van der Waals surface area contributed by atoms with Crippen molar-refractivity contribution in [3.8, 4) is 0 Å². The van der Waals surface area contributed by atoms with Gasteiger partial charge in [-0.25, -0.2) is 0 Å². The van der Waals surface area contributed by atoms with Crippen LogP contribution in [0.2, 0.25) is 5.02 Å². The molecule has 7 heteroatoms. The number of anilines is 1. The van der Waals surface area contributed by atoms with Gasteiger partial charge in [-0.3, -0.25) is 14.7 Å². The second kappa shape index (κ2) is 8.75. The van der Waals surface area contributed by atoms with Crippen molar-refractivity contribution in [2.45, 2.75) is 51.3 Å². The Labute approximate surface area is 195 Å². The number of piperazine rings is 1. The van der Waals surface area contributed by atoms with Gasteiger partial charge in [-0.2, -0.15) is 0 Å². The van der Waals surface area contributed by atoms with Crippen molar-refractivity contribution < 1.29 is 9.53 Å². The van der Waals surface area contributed by atoms with Crippen LogP contribution in [0.3, 0.4) is 0 Å². The second-order valence-electron chi connectivity index (χ2n) is 9.90. The first-order valence-electron chi connectivity index (χ1n) is 11.2. The van der Waals surface area contributed by atoms with Gasteiger partial charge >= 0.3 is 0 Å². The summed E-state index contributed by atoms with van der Waals surface area (Å²) in [7, 11) is 1.71. The molecule has 0 bridgehead atoms. The Morgan fingerprint density at radius 3 is 2.69 bits per heavy atom. The molecule has 2 atom stereocenters. The van der Waals surface area contributed by atoms with Crippen LogP contribution in [0.5, 0.6) is 0 Å². The molecule has 0 aliphatic carbocycles. The summed E-state index contributed by atoms with van der Waals surface area (Å²) in [4.78, 5) is 22.4. The SMILES string of the molecule is CO[C@]1(C)CN[C@H](C)CN1CC(=O)N1CC(C)(C)c2cnc(Cc3ccc(Cl)cc3)cc21. The van der Waals surface area contributed by atoms with Crippen molar-refractivity contribution in [2.24, 2.45) is 0 Å². The van der Waals surface area contributed by atoms with E-state index >= 15 is 0 Å². The van der Waals surface area contributed by atoms with Gasteiger partial charge in [-0.1, -0.05) is 37.6 Å². The topological polar surface area (TPSA) is 57.7 Å². The van der Waals surface area contributed by atoms with Crippen molar-refractivity contribution in [3.05, 3.63) is 58.4 Å². The molecule has 1 fully saturated rings.